The molecule has 5 N–H and O–H groups in total. The molecule has 3 saturated heterocycles. The number of para-hydroxylation sites is 2. The highest BCUT2D eigenvalue weighted by atomic mass is 33.1. The molecule has 12 rings (SSSR count). The zero-order chi connectivity index (χ0) is 112. The van der Waals surface area contributed by atoms with Crippen LogP contribution in [0.5, 0.6) is 11.5 Å². The van der Waals surface area contributed by atoms with Crippen LogP contribution in [-0.4, -0.2) is 264 Å². The van der Waals surface area contributed by atoms with Crippen molar-refractivity contribution in [3.8, 4) is 11.5 Å². The minimum atomic E-state index is -1.80. The zero-order valence-electron chi connectivity index (χ0n) is 94.2. The van der Waals surface area contributed by atoms with Gasteiger partial charge in [0.25, 0.3) is 37.4 Å². The maximum Gasteiger partial charge on any atom is 0.351 e. The highest BCUT2D eigenvalue weighted by molar-refractivity contribution is 8.77. The number of aliphatic hydroxyl groups excluding tert-OH is 3. The predicted octanol–water partition coefficient (Wildman–Crippen LogP) is 22.1. The Morgan fingerprint density at radius 3 is 1.28 bits per heavy atom. The Morgan fingerprint density at radius 2 is 0.890 bits per heavy atom. The van der Waals surface area contributed by atoms with Crippen molar-refractivity contribution in [3.63, 3.8) is 0 Å². The Kier molecular flexibility index (Phi) is 50.1. The van der Waals surface area contributed by atoms with Crippen molar-refractivity contribution < 1.29 is 103 Å². The lowest BCUT2D eigenvalue weighted by Gasteiger charge is -2.38. The molecule has 4 aliphatic heterocycles. The van der Waals surface area contributed by atoms with Gasteiger partial charge in [-0.2, -0.15) is 4.98 Å². The Balaban J connectivity index is 0.000000298. The van der Waals surface area contributed by atoms with E-state index in [4.69, 9.17) is 64.0 Å². The van der Waals surface area contributed by atoms with Crippen molar-refractivity contribution in [2.24, 2.45) is 0 Å². The first-order valence-corrected chi connectivity index (χ1v) is 57.9. The number of hydrogen-bond donors (Lipinski definition) is 5. The SMILES string of the molecule is [2H]CC1OC(N2C=CC(=O)CC2=O)C(F)C1OP(OCCc1ccccc1SSC(C)(C)C)N(C(C)C)C(C)C.[2H]CC1OC(n2ccc(NC(=O)COc3ccccc3)nc2=O)C(F)C1OP(OCCc1ccccc1SSC(C)(C)C)N(C(C)C)C(C)C.[2H]CC1OC(n2cnc3c(NC(=O)COc4ccccc4)ncnc32)C(OC)C1OP(OCCc1ccccc1SSC(C)(C)C)N(C(C)C)C(C)C.[3H]OC.[3H]OC.[3H]OC. The van der Waals surface area contributed by atoms with Crippen LogP contribution < -0.4 is 25.8 Å². The van der Waals surface area contributed by atoms with Gasteiger partial charge in [0.2, 0.25) is 10.2 Å². The highest BCUT2D eigenvalue weighted by Crippen LogP contribution is 2.55. The van der Waals surface area contributed by atoms with Gasteiger partial charge in [-0.3, -0.25) is 33.2 Å². The number of carbonyl (C=O) groups excluding carboxylic acids is 4. The van der Waals surface area contributed by atoms with Crippen molar-refractivity contribution in [1.82, 2.24) is 48.0 Å². The van der Waals surface area contributed by atoms with Gasteiger partial charge in [-0.05, 0) is 194 Å². The molecule has 0 spiro atoms. The molecule has 15 unspecified atom stereocenters. The van der Waals surface area contributed by atoms with Crippen molar-refractivity contribution in [2.45, 2.75) is 331 Å². The van der Waals surface area contributed by atoms with Crippen LogP contribution in [0.1, 0.15) is 206 Å². The van der Waals surface area contributed by atoms with E-state index in [2.05, 4.69) is 198 Å². The quantitative estimate of drug-likeness (QED) is 0.0134. The van der Waals surface area contributed by atoms with E-state index in [-0.39, 0.29) is 108 Å². The first-order chi connectivity index (χ1) is 72.2. The number of fused-ring (bicyclic) bond motifs is 1. The van der Waals surface area contributed by atoms with Crippen LogP contribution in [0.3, 0.4) is 0 Å². The number of methoxy groups -OCH3 is 1. The second kappa shape index (κ2) is 62.7. The average molecular weight is 2210 g/mol. The maximum absolute atomic E-state index is 16.3. The zero-order valence-corrected chi connectivity index (χ0v) is 95.8. The van der Waals surface area contributed by atoms with E-state index in [1.54, 1.807) is 97.6 Å². The fraction of sp³-hybridized carbons (Fsp3) is 0.563. The van der Waals surface area contributed by atoms with E-state index in [9.17, 15) is 24.0 Å². The molecule has 4 aliphatic rings. The molecular formula is C103H153F2N12O20P3S6. The Morgan fingerprint density at radius 1 is 0.514 bits per heavy atom. The number of carbonyl (C=O) groups is 4. The first-order valence-electron chi connectivity index (χ1n) is 51.4. The lowest BCUT2D eigenvalue weighted by Crippen LogP contribution is -2.45. The smallest absolute Gasteiger partial charge is 0.351 e. The molecule has 8 aromatic rings. The van der Waals surface area contributed by atoms with Crippen LogP contribution in [0.25, 0.3) is 11.2 Å². The molecule has 5 aromatic carbocycles. The van der Waals surface area contributed by atoms with Crippen LogP contribution in [0, 0.1) is 0 Å². The number of imidazole rings is 1. The standard InChI is InChI=1S/C37H51N6O6PS2.C35H48FN4O6PS2.C28H42FN2O5PS2.3CH4O/c1-24(2)43(25(3)4)50(47-20-19-27-15-13-14-18-29(27)51-52-37(6,7)8)49-32-26(5)48-36(33(32)45-9)42-23-40-31-34(38-22-39-35(31)42)41-30(44)21-46-28-16-11-10-12-17-28;1-23(2)40(24(3)4)47(44-21-19-26-14-12-13-17-28(26)48-49-35(6,7)8)46-32-25(5)45-33(31(32)36)39-20-18-29(38-34(39)42)37-30(41)22-43-27-15-10-9-11-16-27;1-18(2)31(19(3)4)37(34-16-14-21-11-9-10-12-23(21)38-39-28(6,7)8)36-26-20(5)35-27(25(26)29)30-15-13-22(32)17-24(30)33;3*1-2/h10-18,22-26,32-33,36H,19-21H2,1-9H3,(H,38,39,41,44);9-18,20,23-25,31-33H,19,21-22H2,1-8H3,(H,37,38,41,42);9-13,15,18-20,25-27H,14,16-17H2,1-8H3;3*2H,1H3/i3*5D;3*2T. The molecule has 15 atom stereocenters. The van der Waals surface area contributed by atoms with Gasteiger partial charge in [0.1, 0.15) is 48.1 Å². The molecule has 810 valence electrons. The third kappa shape index (κ3) is 39.3. The number of alkyl halides is 2. The van der Waals surface area contributed by atoms with Crippen LogP contribution in [0.2, 0.25) is 0 Å². The van der Waals surface area contributed by atoms with Crippen LogP contribution >= 0.6 is 90.3 Å². The van der Waals surface area contributed by atoms with Crippen LogP contribution in [-0.2, 0) is 84.5 Å². The summed E-state index contributed by atoms with van der Waals surface area (Å²) in [7, 11) is 11.1. The van der Waals surface area contributed by atoms with E-state index in [0.717, 1.165) is 21.5 Å². The number of nitrogens with zero attached hydrogens (tertiary/aromatic N) is 10. The second-order valence-corrected chi connectivity index (χ2v) is 51.1. The van der Waals surface area contributed by atoms with Crippen molar-refractivity contribution in [1.29, 1.82) is 4.29 Å². The Hall–Kier alpha value is -6.44. The predicted molar refractivity (Wildman–Crippen MR) is 589 cm³/mol. The summed E-state index contributed by atoms with van der Waals surface area (Å²) >= 11 is 0. The molecule has 0 saturated carbocycles. The number of allylic oxidation sites excluding steroid dienone is 1. The summed E-state index contributed by atoms with van der Waals surface area (Å²) in [5.74, 6) is -0.437. The van der Waals surface area contributed by atoms with Gasteiger partial charge >= 0.3 is 5.69 Å². The molecule has 3 aromatic heterocycles. The molecule has 0 bridgehead atoms. The van der Waals surface area contributed by atoms with E-state index >= 15 is 8.78 Å². The Labute approximate surface area is 898 Å². The van der Waals surface area contributed by atoms with E-state index < -0.39 is 123 Å². The minimum Gasteiger partial charge on any atom is -0.484 e. The number of halogens is 2. The lowest BCUT2D eigenvalue weighted by molar-refractivity contribution is -0.145. The molecule has 146 heavy (non-hydrogen) atoms. The van der Waals surface area contributed by atoms with Crippen molar-refractivity contribution in [2.75, 3.05) is 72.1 Å². The number of ether oxygens (including phenoxy) is 6. The summed E-state index contributed by atoms with van der Waals surface area (Å²) in [6.07, 6.45) is -4.45. The molecule has 3 fully saturated rings. The third-order valence-corrected chi connectivity index (χ3v) is 37.8. The number of rotatable bonds is 45. The van der Waals surface area contributed by atoms with Gasteiger partial charge in [-0.25, -0.2) is 42.5 Å². The second-order valence-electron chi connectivity index (χ2n) is 37.9. The van der Waals surface area contributed by atoms with Crippen molar-refractivity contribution >= 4 is 137 Å². The summed E-state index contributed by atoms with van der Waals surface area (Å²) in [5.41, 5.74) is 3.52. The molecule has 0 aliphatic carbocycles. The van der Waals surface area contributed by atoms with E-state index in [1.165, 1.54) is 78.0 Å². The summed E-state index contributed by atoms with van der Waals surface area (Å²) in [5, 5.41) is 15.8. The monoisotopic (exact) mass is 2210 g/mol. The van der Waals surface area contributed by atoms with Crippen LogP contribution in [0.15, 0.2) is 190 Å². The topological polar surface area (TPSA) is 355 Å². The van der Waals surface area contributed by atoms with Gasteiger partial charge in [0.15, 0.2) is 67.0 Å². The summed E-state index contributed by atoms with van der Waals surface area (Å²) in [6.45, 7) is 44.6. The highest BCUT2D eigenvalue weighted by Gasteiger charge is 2.53. The van der Waals surface area contributed by atoms with Crippen LogP contribution in [0.4, 0.5) is 20.4 Å². The molecule has 0 radical (unpaired) electrons. The maximum atomic E-state index is 16.3. The number of aliphatic hydroxyl groups is 3. The number of nitrogens with one attached hydrogen (secondary N) is 2. The minimum absolute atomic E-state index is 0.00967. The summed E-state index contributed by atoms with van der Waals surface area (Å²) in [6, 6.07) is 44.6. The number of aromatic nitrogens is 6. The lowest BCUT2D eigenvalue weighted by atomic mass is 10.1. The van der Waals surface area contributed by atoms with E-state index in [0.29, 0.717) is 55.3 Å². The number of anilines is 2. The first kappa shape index (κ1) is 117. The number of ketones is 1. The largest absolute Gasteiger partial charge is 0.484 e. The molecule has 7 heterocycles. The fourth-order valence-electron chi connectivity index (χ4n) is 14.9. The molecule has 43 heteroatoms. The Bertz CT molecular complexity index is 5470. The average Bonchev–Trinajstić information content (AvgIpc) is 1.60. The summed E-state index contributed by atoms with van der Waals surface area (Å²) < 4.78 is 158. The summed E-state index contributed by atoms with van der Waals surface area (Å²) in [4.78, 5) is 84.2. The molecule has 32 nitrogen and oxygen atoms in total. The van der Waals surface area contributed by atoms with Gasteiger partial charge in [-0.15, -0.1) is 0 Å². The molecular weight excluding hydrogens is 2050 g/mol. The third-order valence-electron chi connectivity index (χ3n) is 21.0. The number of hydrogen-bond acceptors (Lipinski definition) is 33. The number of amides is 3. The fourth-order valence-corrected chi connectivity index (χ4v) is 27.0. The van der Waals surface area contributed by atoms with Crippen molar-refractivity contribution in [3.05, 3.63) is 198 Å². The van der Waals surface area contributed by atoms with Gasteiger partial charge in [-0.1, -0.05) is 218 Å². The van der Waals surface area contributed by atoms with Gasteiger partial charge < -0.3 is 81.5 Å². The molecule has 3 amide bonds. The normalized spacial score (nSPS) is 21.2. The van der Waals surface area contributed by atoms with Gasteiger partial charge in [0.05, 0.1) is 50.9 Å². The van der Waals surface area contributed by atoms with E-state index in [1.807, 2.05) is 126 Å². The number of benzene rings is 5. The van der Waals surface area contributed by atoms with Gasteiger partial charge in [0, 0.05) is 110 Å².